The second-order valence-corrected chi connectivity index (χ2v) is 10.7. The molecule has 1 aliphatic carbocycles. The number of benzene rings is 1. The van der Waals surface area contributed by atoms with Gasteiger partial charge in [0, 0.05) is 42.8 Å². The van der Waals surface area contributed by atoms with E-state index in [-0.39, 0.29) is 17.5 Å². The highest BCUT2D eigenvalue weighted by molar-refractivity contribution is 7.19. The minimum atomic E-state index is 0.00156. The van der Waals surface area contributed by atoms with E-state index in [2.05, 4.69) is 41.9 Å². The van der Waals surface area contributed by atoms with Crippen LogP contribution in [0.15, 0.2) is 29.3 Å². The molecule has 5 rings (SSSR count). The zero-order valence-corrected chi connectivity index (χ0v) is 20.6. The highest BCUT2D eigenvalue weighted by atomic mass is 32.1. The van der Waals surface area contributed by atoms with Crippen LogP contribution < -0.4 is 10.5 Å². The number of carbonyl (C=O) groups excluding carboxylic acids is 1. The largest absolute Gasteiger partial charge is 0.368 e. The maximum absolute atomic E-state index is 13.5. The lowest BCUT2D eigenvalue weighted by Gasteiger charge is -2.37. The van der Waals surface area contributed by atoms with E-state index in [0.717, 1.165) is 43.6 Å². The quantitative estimate of drug-likeness (QED) is 0.556. The summed E-state index contributed by atoms with van der Waals surface area (Å²) in [6, 6.07) is 6.64. The highest BCUT2D eigenvalue weighted by Gasteiger charge is 2.28. The summed E-state index contributed by atoms with van der Waals surface area (Å²) in [6.45, 7) is 9.19. The van der Waals surface area contributed by atoms with E-state index in [1.807, 2.05) is 16.4 Å². The molecule has 2 aromatic heterocycles. The number of aryl methyl sites for hydroxylation is 2. The average molecular weight is 465 g/mol. The van der Waals surface area contributed by atoms with Crippen molar-refractivity contribution in [2.45, 2.75) is 58.9 Å². The Morgan fingerprint density at radius 1 is 1.03 bits per heavy atom. The molecule has 174 valence electrons. The van der Waals surface area contributed by atoms with Gasteiger partial charge in [0.15, 0.2) is 0 Å². The van der Waals surface area contributed by atoms with Crippen LogP contribution in [-0.2, 0) is 0 Å². The van der Waals surface area contributed by atoms with E-state index in [9.17, 15) is 9.59 Å². The minimum absolute atomic E-state index is 0.00156. The lowest BCUT2D eigenvalue weighted by atomic mass is 9.95. The molecule has 0 radical (unpaired) electrons. The lowest BCUT2D eigenvalue weighted by Crippen LogP contribution is -2.49. The van der Waals surface area contributed by atoms with Crippen LogP contribution in [0.3, 0.4) is 0 Å². The number of carbonyl (C=O) groups is 1. The molecule has 7 heteroatoms. The number of thiophene rings is 1. The molecule has 3 aromatic rings. The molecule has 0 spiro atoms. The fraction of sp³-hybridized carbons (Fsp3) is 0.500. The number of piperazine rings is 1. The lowest BCUT2D eigenvalue weighted by molar-refractivity contribution is 0.0748. The Kier molecular flexibility index (Phi) is 5.99. The number of fused-ring (bicyclic) bond motifs is 1. The zero-order valence-electron chi connectivity index (χ0n) is 19.8. The molecule has 6 nitrogen and oxygen atoms in total. The molecule has 2 aliphatic rings. The first kappa shape index (κ1) is 22.1. The maximum Gasteiger partial charge on any atom is 0.271 e. The Morgan fingerprint density at radius 2 is 1.76 bits per heavy atom. The van der Waals surface area contributed by atoms with Gasteiger partial charge in [0.25, 0.3) is 11.5 Å². The number of aromatic nitrogens is 2. The molecule has 33 heavy (non-hydrogen) atoms. The van der Waals surface area contributed by atoms with Crippen molar-refractivity contribution < 1.29 is 4.79 Å². The molecule has 0 N–H and O–H groups in total. The van der Waals surface area contributed by atoms with Crippen LogP contribution in [0.2, 0.25) is 0 Å². The minimum Gasteiger partial charge on any atom is -0.368 e. The zero-order chi connectivity index (χ0) is 23.1. The summed E-state index contributed by atoms with van der Waals surface area (Å²) in [5.74, 6) is 0.00156. The number of hydrogen-bond donors (Lipinski definition) is 0. The molecule has 1 saturated heterocycles. The smallest absolute Gasteiger partial charge is 0.271 e. The van der Waals surface area contributed by atoms with Crippen LogP contribution >= 0.6 is 11.3 Å². The summed E-state index contributed by atoms with van der Waals surface area (Å²) in [7, 11) is 0. The molecule has 3 heterocycles. The molecule has 1 saturated carbocycles. The van der Waals surface area contributed by atoms with E-state index in [1.165, 1.54) is 34.6 Å². The molecule has 1 aromatic carbocycles. The Balaban J connectivity index is 1.38. The van der Waals surface area contributed by atoms with Crippen molar-refractivity contribution in [3.05, 3.63) is 56.4 Å². The SMILES string of the molecule is Cc1cccc(N2CCN(C(=O)c3c(C)sc4c(=O)n(C5CCCCC5)cnc34)CC2)c1C. The maximum atomic E-state index is 13.5. The van der Waals surface area contributed by atoms with Crippen LogP contribution in [0.25, 0.3) is 10.2 Å². The Morgan fingerprint density at radius 3 is 2.48 bits per heavy atom. The number of hydrogen-bond acceptors (Lipinski definition) is 5. The highest BCUT2D eigenvalue weighted by Crippen LogP contribution is 2.31. The van der Waals surface area contributed by atoms with Crippen LogP contribution in [0, 0.1) is 20.8 Å². The summed E-state index contributed by atoms with van der Waals surface area (Å²) in [4.78, 5) is 36.6. The van der Waals surface area contributed by atoms with Gasteiger partial charge >= 0.3 is 0 Å². The molecular weight excluding hydrogens is 432 g/mol. The van der Waals surface area contributed by atoms with Crippen molar-refractivity contribution >= 4 is 33.1 Å². The fourth-order valence-corrected chi connectivity index (χ4v) is 6.38. The van der Waals surface area contributed by atoms with Gasteiger partial charge in [0.05, 0.1) is 11.9 Å². The fourth-order valence-electron chi connectivity index (χ4n) is 5.35. The standard InChI is InChI=1S/C26H32N4O2S/c1-17-8-7-11-21(18(17)2)28-12-14-29(15-13-28)25(31)22-19(3)33-24-23(22)27-16-30(26(24)32)20-9-5-4-6-10-20/h7-8,11,16,20H,4-6,9-10,12-15H2,1-3H3. The molecule has 1 aliphatic heterocycles. The summed E-state index contributed by atoms with van der Waals surface area (Å²) in [5, 5.41) is 0. The molecule has 0 atom stereocenters. The van der Waals surface area contributed by atoms with E-state index in [0.29, 0.717) is 28.9 Å². The van der Waals surface area contributed by atoms with Crippen molar-refractivity contribution in [3.8, 4) is 0 Å². The number of anilines is 1. The summed E-state index contributed by atoms with van der Waals surface area (Å²) < 4.78 is 2.44. The monoisotopic (exact) mass is 464 g/mol. The van der Waals surface area contributed by atoms with Crippen LogP contribution in [0.1, 0.15) is 64.5 Å². The normalized spacial score (nSPS) is 17.7. The molecule has 0 bridgehead atoms. The van der Waals surface area contributed by atoms with Gasteiger partial charge in [-0.15, -0.1) is 11.3 Å². The summed E-state index contributed by atoms with van der Waals surface area (Å²) in [5.41, 5.74) is 5.05. The van der Waals surface area contributed by atoms with Gasteiger partial charge in [-0.05, 0) is 50.8 Å². The van der Waals surface area contributed by atoms with Crippen LogP contribution in [0.4, 0.5) is 5.69 Å². The molecule has 0 unspecified atom stereocenters. The van der Waals surface area contributed by atoms with Gasteiger partial charge in [-0.2, -0.15) is 0 Å². The van der Waals surface area contributed by atoms with Crippen LogP contribution in [-0.4, -0.2) is 46.5 Å². The number of rotatable bonds is 3. The van der Waals surface area contributed by atoms with Crippen LogP contribution in [0.5, 0.6) is 0 Å². The van der Waals surface area contributed by atoms with Crippen molar-refractivity contribution in [2.75, 3.05) is 31.1 Å². The Hall–Kier alpha value is -2.67. The topological polar surface area (TPSA) is 58.4 Å². The summed E-state index contributed by atoms with van der Waals surface area (Å²) in [6.07, 6.45) is 7.32. The van der Waals surface area contributed by atoms with E-state index >= 15 is 0 Å². The molecular formula is C26H32N4O2S. The Bertz CT molecular complexity index is 1250. The van der Waals surface area contributed by atoms with Crippen molar-refractivity contribution in [2.24, 2.45) is 0 Å². The third-order valence-electron chi connectivity index (χ3n) is 7.46. The average Bonchev–Trinajstić information content (AvgIpc) is 3.18. The van der Waals surface area contributed by atoms with Crippen molar-refractivity contribution in [1.82, 2.24) is 14.5 Å². The molecule has 1 amide bonds. The van der Waals surface area contributed by atoms with Gasteiger partial charge in [0.2, 0.25) is 0 Å². The van der Waals surface area contributed by atoms with Crippen molar-refractivity contribution in [1.29, 1.82) is 0 Å². The first-order chi connectivity index (χ1) is 16.0. The van der Waals surface area contributed by atoms with Gasteiger partial charge in [-0.1, -0.05) is 31.4 Å². The van der Waals surface area contributed by atoms with E-state index in [1.54, 1.807) is 6.33 Å². The van der Waals surface area contributed by atoms with Gasteiger partial charge in [-0.3, -0.25) is 14.2 Å². The second-order valence-electron chi connectivity index (χ2n) is 9.46. The first-order valence-electron chi connectivity index (χ1n) is 12.1. The van der Waals surface area contributed by atoms with Gasteiger partial charge < -0.3 is 9.80 Å². The third-order valence-corrected chi connectivity index (χ3v) is 8.55. The van der Waals surface area contributed by atoms with Crippen molar-refractivity contribution in [3.63, 3.8) is 0 Å². The van der Waals surface area contributed by atoms with Gasteiger partial charge in [-0.25, -0.2) is 4.98 Å². The van der Waals surface area contributed by atoms with Gasteiger partial charge in [0.1, 0.15) is 10.2 Å². The number of amides is 1. The van der Waals surface area contributed by atoms with E-state index < -0.39 is 0 Å². The molecule has 2 fully saturated rings. The predicted molar refractivity (Wildman–Crippen MR) is 135 cm³/mol. The van der Waals surface area contributed by atoms with E-state index in [4.69, 9.17) is 0 Å². The Labute approximate surface area is 198 Å². The predicted octanol–water partition coefficient (Wildman–Crippen LogP) is 4.85. The summed E-state index contributed by atoms with van der Waals surface area (Å²) >= 11 is 1.42. The first-order valence-corrected chi connectivity index (χ1v) is 12.9. The number of nitrogens with zero attached hydrogens (tertiary/aromatic N) is 4. The second kappa shape index (κ2) is 8.93. The third kappa shape index (κ3) is 3.97.